The maximum absolute atomic E-state index is 12.7. The SMILES string of the molecule is CCOc1ncccc1C(=O)NCC(c1ccc(OC)cc1)N1CCCC1. The van der Waals surface area contributed by atoms with Crippen molar-refractivity contribution in [2.45, 2.75) is 25.8 Å². The van der Waals surface area contributed by atoms with Crippen LogP contribution in [0.5, 0.6) is 11.6 Å². The van der Waals surface area contributed by atoms with Crippen molar-refractivity contribution in [3.8, 4) is 11.6 Å². The summed E-state index contributed by atoms with van der Waals surface area (Å²) in [5.41, 5.74) is 1.64. The molecule has 2 aromatic rings. The summed E-state index contributed by atoms with van der Waals surface area (Å²) in [6, 6.07) is 11.7. The van der Waals surface area contributed by atoms with Crippen LogP contribution < -0.4 is 14.8 Å². The summed E-state index contributed by atoms with van der Waals surface area (Å²) in [4.78, 5) is 19.3. The summed E-state index contributed by atoms with van der Waals surface area (Å²) in [7, 11) is 1.66. The lowest BCUT2D eigenvalue weighted by molar-refractivity contribution is 0.0933. The molecule has 1 amide bonds. The molecule has 1 aromatic heterocycles. The number of methoxy groups -OCH3 is 1. The van der Waals surface area contributed by atoms with Crippen molar-refractivity contribution in [2.75, 3.05) is 33.4 Å². The average molecular weight is 369 g/mol. The zero-order chi connectivity index (χ0) is 19.1. The van der Waals surface area contributed by atoms with E-state index in [2.05, 4.69) is 27.3 Å². The third-order valence-electron chi connectivity index (χ3n) is 4.83. The predicted octanol–water partition coefficient (Wildman–Crippen LogP) is 3.06. The predicted molar refractivity (Wildman–Crippen MR) is 104 cm³/mol. The number of ether oxygens (including phenoxy) is 2. The first-order valence-electron chi connectivity index (χ1n) is 9.47. The molecule has 0 radical (unpaired) electrons. The fourth-order valence-electron chi connectivity index (χ4n) is 3.44. The number of rotatable bonds is 8. The maximum Gasteiger partial charge on any atom is 0.256 e. The van der Waals surface area contributed by atoms with Crippen LogP contribution in [0.1, 0.15) is 41.7 Å². The molecule has 1 N–H and O–H groups in total. The number of carbonyl (C=O) groups is 1. The van der Waals surface area contributed by atoms with Crippen LogP contribution in [0.4, 0.5) is 0 Å². The zero-order valence-corrected chi connectivity index (χ0v) is 16.0. The molecule has 1 atom stereocenters. The lowest BCUT2D eigenvalue weighted by atomic mass is 10.0. The van der Waals surface area contributed by atoms with E-state index in [1.54, 1.807) is 25.4 Å². The zero-order valence-electron chi connectivity index (χ0n) is 16.0. The van der Waals surface area contributed by atoms with Crippen LogP contribution in [0, 0.1) is 0 Å². The highest BCUT2D eigenvalue weighted by molar-refractivity contribution is 5.96. The third-order valence-corrected chi connectivity index (χ3v) is 4.83. The molecule has 2 heterocycles. The van der Waals surface area contributed by atoms with E-state index >= 15 is 0 Å². The Labute approximate surface area is 160 Å². The highest BCUT2D eigenvalue weighted by Crippen LogP contribution is 2.26. The fourth-order valence-corrected chi connectivity index (χ4v) is 3.44. The molecule has 0 aliphatic carbocycles. The van der Waals surface area contributed by atoms with Crippen molar-refractivity contribution in [1.82, 2.24) is 15.2 Å². The summed E-state index contributed by atoms with van der Waals surface area (Å²) in [5.74, 6) is 1.05. The van der Waals surface area contributed by atoms with Gasteiger partial charge in [0.15, 0.2) is 0 Å². The number of carbonyl (C=O) groups excluding carboxylic acids is 1. The summed E-state index contributed by atoms with van der Waals surface area (Å²) in [5, 5.41) is 3.07. The minimum atomic E-state index is -0.163. The highest BCUT2D eigenvalue weighted by atomic mass is 16.5. The lowest BCUT2D eigenvalue weighted by Crippen LogP contribution is -2.37. The number of pyridine rings is 1. The lowest BCUT2D eigenvalue weighted by Gasteiger charge is -2.28. The van der Waals surface area contributed by atoms with Crippen molar-refractivity contribution in [3.05, 3.63) is 53.7 Å². The molecule has 3 rings (SSSR count). The normalized spacial score (nSPS) is 15.3. The van der Waals surface area contributed by atoms with Crippen molar-refractivity contribution < 1.29 is 14.3 Å². The Morgan fingerprint density at radius 1 is 1.22 bits per heavy atom. The molecule has 1 aromatic carbocycles. The second-order valence-corrected chi connectivity index (χ2v) is 6.53. The molecule has 0 spiro atoms. The van der Waals surface area contributed by atoms with E-state index in [0.717, 1.165) is 18.8 Å². The quantitative estimate of drug-likeness (QED) is 0.775. The van der Waals surface area contributed by atoms with Gasteiger partial charge < -0.3 is 14.8 Å². The smallest absolute Gasteiger partial charge is 0.256 e. The van der Waals surface area contributed by atoms with Gasteiger partial charge in [-0.15, -0.1) is 0 Å². The van der Waals surface area contributed by atoms with Gasteiger partial charge in [0.2, 0.25) is 5.88 Å². The number of hydrogen-bond donors (Lipinski definition) is 1. The second-order valence-electron chi connectivity index (χ2n) is 6.53. The molecule has 6 nitrogen and oxygen atoms in total. The summed E-state index contributed by atoms with van der Waals surface area (Å²) < 4.78 is 10.7. The van der Waals surface area contributed by atoms with Gasteiger partial charge in [-0.3, -0.25) is 9.69 Å². The Morgan fingerprint density at radius 3 is 2.63 bits per heavy atom. The van der Waals surface area contributed by atoms with Crippen LogP contribution >= 0.6 is 0 Å². The van der Waals surface area contributed by atoms with Gasteiger partial charge >= 0.3 is 0 Å². The van der Waals surface area contributed by atoms with Gasteiger partial charge in [0.1, 0.15) is 11.3 Å². The van der Waals surface area contributed by atoms with Crippen molar-refractivity contribution in [1.29, 1.82) is 0 Å². The topological polar surface area (TPSA) is 63.7 Å². The van der Waals surface area contributed by atoms with Crippen LogP contribution in [0.25, 0.3) is 0 Å². The van der Waals surface area contributed by atoms with Gasteiger partial charge in [-0.05, 0) is 62.7 Å². The average Bonchev–Trinajstić information content (AvgIpc) is 3.23. The molecule has 144 valence electrons. The number of benzene rings is 1. The Kier molecular flexibility index (Phi) is 6.65. The summed E-state index contributed by atoms with van der Waals surface area (Å²) in [6.07, 6.45) is 4.02. The molecule has 1 aliphatic rings. The molecule has 1 aliphatic heterocycles. The van der Waals surface area contributed by atoms with Crippen LogP contribution in [-0.2, 0) is 0 Å². The number of hydrogen-bond acceptors (Lipinski definition) is 5. The van der Waals surface area contributed by atoms with E-state index < -0.39 is 0 Å². The standard InChI is InChI=1S/C21H27N3O3/c1-3-27-21-18(7-6-12-22-21)20(25)23-15-19(24-13-4-5-14-24)16-8-10-17(26-2)11-9-16/h6-12,19H,3-5,13-15H2,1-2H3,(H,23,25). The fraction of sp³-hybridized carbons (Fsp3) is 0.429. The molecule has 27 heavy (non-hydrogen) atoms. The maximum atomic E-state index is 12.7. The van der Waals surface area contributed by atoms with E-state index in [1.165, 1.54) is 18.4 Å². The van der Waals surface area contributed by atoms with E-state index in [0.29, 0.717) is 24.6 Å². The molecule has 1 saturated heterocycles. The van der Waals surface area contributed by atoms with Crippen molar-refractivity contribution >= 4 is 5.91 Å². The molecule has 1 unspecified atom stereocenters. The second kappa shape index (κ2) is 9.37. The first kappa shape index (κ1) is 19.2. The molecule has 0 saturated carbocycles. The Morgan fingerprint density at radius 2 is 1.96 bits per heavy atom. The molecule has 1 fully saturated rings. The van der Waals surface area contributed by atoms with E-state index in [9.17, 15) is 4.79 Å². The van der Waals surface area contributed by atoms with Gasteiger partial charge in [-0.25, -0.2) is 4.98 Å². The van der Waals surface area contributed by atoms with Gasteiger partial charge in [0, 0.05) is 12.7 Å². The Balaban J connectivity index is 1.73. The Hall–Kier alpha value is -2.60. The number of nitrogens with one attached hydrogen (secondary N) is 1. The van der Waals surface area contributed by atoms with Gasteiger partial charge in [-0.1, -0.05) is 12.1 Å². The van der Waals surface area contributed by atoms with Crippen molar-refractivity contribution in [3.63, 3.8) is 0 Å². The molecular weight excluding hydrogens is 342 g/mol. The number of nitrogens with zero attached hydrogens (tertiary/aromatic N) is 2. The number of amides is 1. The van der Waals surface area contributed by atoms with Crippen LogP contribution in [0.2, 0.25) is 0 Å². The Bertz CT molecular complexity index is 743. The van der Waals surface area contributed by atoms with Crippen LogP contribution in [0.3, 0.4) is 0 Å². The van der Waals surface area contributed by atoms with Gasteiger partial charge in [0.05, 0.1) is 19.8 Å². The highest BCUT2D eigenvalue weighted by Gasteiger charge is 2.24. The largest absolute Gasteiger partial charge is 0.497 e. The van der Waals surface area contributed by atoms with Crippen LogP contribution in [-0.4, -0.2) is 49.1 Å². The van der Waals surface area contributed by atoms with Gasteiger partial charge in [0.25, 0.3) is 5.91 Å². The van der Waals surface area contributed by atoms with E-state index in [1.807, 2.05) is 19.1 Å². The number of likely N-dealkylation sites (tertiary alicyclic amines) is 1. The first-order chi connectivity index (χ1) is 13.2. The van der Waals surface area contributed by atoms with E-state index in [-0.39, 0.29) is 11.9 Å². The summed E-state index contributed by atoms with van der Waals surface area (Å²) >= 11 is 0. The molecule has 0 bridgehead atoms. The third kappa shape index (κ3) is 4.77. The minimum Gasteiger partial charge on any atom is -0.497 e. The minimum absolute atomic E-state index is 0.134. The van der Waals surface area contributed by atoms with E-state index in [4.69, 9.17) is 9.47 Å². The first-order valence-corrected chi connectivity index (χ1v) is 9.47. The monoisotopic (exact) mass is 369 g/mol. The molecule has 6 heteroatoms. The van der Waals surface area contributed by atoms with Gasteiger partial charge in [-0.2, -0.15) is 0 Å². The molecular formula is C21H27N3O3. The number of aromatic nitrogens is 1. The summed E-state index contributed by atoms with van der Waals surface area (Å²) in [6.45, 7) is 4.97. The van der Waals surface area contributed by atoms with Crippen LogP contribution in [0.15, 0.2) is 42.6 Å². The van der Waals surface area contributed by atoms with Crippen molar-refractivity contribution in [2.24, 2.45) is 0 Å².